The number of hydrogen-bond acceptors (Lipinski definition) is 5. The van der Waals surface area contributed by atoms with Gasteiger partial charge >= 0.3 is 18.0 Å². The lowest BCUT2D eigenvalue weighted by molar-refractivity contribution is -0.158. The van der Waals surface area contributed by atoms with Crippen LogP contribution in [0.5, 0.6) is 0 Å². The number of esters is 2. The lowest BCUT2D eigenvalue weighted by atomic mass is 10.1. The molecule has 1 heterocycles. The summed E-state index contributed by atoms with van der Waals surface area (Å²) in [5.74, 6) is -1.16. The van der Waals surface area contributed by atoms with Crippen LogP contribution >= 0.6 is 0 Å². The summed E-state index contributed by atoms with van der Waals surface area (Å²) in [4.78, 5) is 43.0. The summed E-state index contributed by atoms with van der Waals surface area (Å²) in [6, 6.07) is 16.3. The minimum Gasteiger partial charge on any atom is -0.464 e. The second-order valence-corrected chi connectivity index (χ2v) is 8.44. The van der Waals surface area contributed by atoms with Gasteiger partial charge in [0.2, 0.25) is 0 Å². The van der Waals surface area contributed by atoms with Gasteiger partial charge in [-0.3, -0.25) is 0 Å². The number of ether oxygens (including phenoxy) is 2. The van der Waals surface area contributed by atoms with Gasteiger partial charge in [0.25, 0.3) is 0 Å². The SMILES string of the molecule is CCCCOC(=O)[C@@H]1[C@H](C(=O)OCCCC)N(Cc2ccccc2)C(=O)N1Cc1ccccc1. The smallest absolute Gasteiger partial charge is 0.331 e. The number of benzene rings is 2. The molecule has 1 aliphatic heterocycles. The van der Waals surface area contributed by atoms with Crippen molar-refractivity contribution in [3.63, 3.8) is 0 Å². The van der Waals surface area contributed by atoms with E-state index in [1.165, 1.54) is 9.80 Å². The fourth-order valence-electron chi connectivity index (χ4n) is 3.95. The Morgan fingerprint density at radius 3 is 1.44 bits per heavy atom. The highest BCUT2D eigenvalue weighted by Gasteiger charge is 2.54. The van der Waals surface area contributed by atoms with Gasteiger partial charge in [0.1, 0.15) is 0 Å². The monoisotopic (exact) mass is 466 g/mol. The van der Waals surface area contributed by atoms with E-state index in [4.69, 9.17) is 9.47 Å². The van der Waals surface area contributed by atoms with Crippen LogP contribution in [-0.2, 0) is 32.2 Å². The predicted molar refractivity (Wildman–Crippen MR) is 129 cm³/mol. The molecule has 0 aliphatic carbocycles. The van der Waals surface area contributed by atoms with E-state index in [2.05, 4.69) is 0 Å². The molecule has 0 saturated carbocycles. The van der Waals surface area contributed by atoms with E-state index in [9.17, 15) is 14.4 Å². The molecule has 1 fully saturated rings. The molecule has 7 nitrogen and oxygen atoms in total. The number of rotatable bonds is 12. The van der Waals surface area contributed by atoms with Gasteiger partial charge in [-0.1, -0.05) is 87.4 Å². The van der Waals surface area contributed by atoms with Gasteiger partial charge in [-0.25, -0.2) is 14.4 Å². The van der Waals surface area contributed by atoms with Crippen molar-refractivity contribution in [2.24, 2.45) is 0 Å². The molecule has 34 heavy (non-hydrogen) atoms. The van der Waals surface area contributed by atoms with Crippen molar-refractivity contribution >= 4 is 18.0 Å². The van der Waals surface area contributed by atoms with Crippen molar-refractivity contribution in [3.05, 3.63) is 71.8 Å². The Balaban J connectivity index is 1.95. The molecule has 0 bridgehead atoms. The number of amides is 2. The third kappa shape index (κ3) is 6.37. The number of unbranched alkanes of at least 4 members (excludes halogenated alkanes) is 2. The van der Waals surface area contributed by atoms with Crippen LogP contribution in [0.25, 0.3) is 0 Å². The average molecular weight is 467 g/mol. The zero-order valence-corrected chi connectivity index (χ0v) is 20.0. The van der Waals surface area contributed by atoms with Crippen LogP contribution in [0.15, 0.2) is 60.7 Å². The first kappa shape index (κ1) is 25.3. The van der Waals surface area contributed by atoms with Crippen molar-refractivity contribution in [2.45, 2.75) is 64.7 Å². The van der Waals surface area contributed by atoms with E-state index >= 15 is 0 Å². The molecular weight excluding hydrogens is 432 g/mol. The molecule has 1 aliphatic rings. The maximum Gasteiger partial charge on any atom is 0.331 e. The molecule has 182 valence electrons. The van der Waals surface area contributed by atoms with Crippen molar-refractivity contribution in [1.29, 1.82) is 0 Å². The molecular formula is C27H34N2O5. The maximum atomic E-state index is 13.6. The molecule has 1 saturated heterocycles. The van der Waals surface area contributed by atoms with Gasteiger partial charge in [0.05, 0.1) is 13.2 Å². The van der Waals surface area contributed by atoms with E-state index < -0.39 is 24.0 Å². The van der Waals surface area contributed by atoms with E-state index in [0.29, 0.717) is 12.8 Å². The van der Waals surface area contributed by atoms with Crippen LogP contribution in [-0.4, -0.2) is 53.1 Å². The minimum atomic E-state index is -1.08. The van der Waals surface area contributed by atoms with Crippen LogP contribution in [0.1, 0.15) is 50.7 Å². The van der Waals surface area contributed by atoms with Gasteiger partial charge in [0, 0.05) is 13.1 Å². The molecule has 7 heteroatoms. The van der Waals surface area contributed by atoms with E-state index in [1.54, 1.807) is 0 Å². The molecule has 3 rings (SSSR count). The molecule has 2 aromatic rings. The van der Waals surface area contributed by atoms with Gasteiger partial charge in [-0.15, -0.1) is 0 Å². The highest BCUT2D eigenvalue weighted by atomic mass is 16.5. The first-order valence-corrected chi connectivity index (χ1v) is 12.0. The Hall–Kier alpha value is -3.35. The van der Waals surface area contributed by atoms with Crippen LogP contribution in [0.4, 0.5) is 4.79 Å². The fraction of sp³-hybridized carbons (Fsp3) is 0.444. The zero-order chi connectivity index (χ0) is 24.3. The second kappa shape index (κ2) is 12.8. The summed E-state index contributed by atoms with van der Waals surface area (Å²) >= 11 is 0. The highest BCUT2D eigenvalue weighted by molar-refractivity contribution is 5.97. The zero-order valence-electron chi connectivity index (χ0n) is 20.0. The quantitative estimate of drug-likeness (QED) is 0.339. The molecule has 0 aromatic heterocycles. The fourth-order valence-corrected chi connectivity index (χ4v) is 3.95. The number of carbonyl (C=O) groups is 3. The summed E-state index contributed by atoms with van der Waals surface area (Å²) in [6.07, 6.45) is 3.16. The molecule has 2 amide bonds. The van der Waals surface area contributed by atoms with Crippen LogP contribution in [0.2, 0.25) is 0 Å². The number of hydrogen-bond donors (Lipinski definition) is 0. The Morgan fingerprint density at radius 2 is 1.09 bits per heavy atom. The summed E-state index contributed by atoms with van der Waals surface area (Å²) < 4.78 is 11.0. The molecule has 0 spiro atoms. The summed E-state index contributed by atoms with van der Waals surface area (Å²) in [6.45, 7) is 4.88. The Morgan fingerprint density at radius 1 is 0.706 bits per heavy atom. The number of urea groups is 1. The first-order valence-electron chi connectivity index (χ1n) is 12.0. The van der Waals surface area contributed by atoms with Crippen LogP contribution in [0, 0.1) is 0 Å². The van der Waals surface area contributed by atoms with Crippen molar-refractivity contribution in [3.8, 4) is 0 Å². The highest BCUT2D eigenvalue weighted by Crippen LogP contribution is 2.29. The standard InChI is InChI=1S/C27H34N2O5/c1-3-5-17-33-25(30)23-24(26(31)34-18-6-4-2)29(20-22-15-11-8-12-16-22)27(32)28(23)19-21-13-9-7-10-14-21/h7-16,23-24H,3-6,17-20H2,1-2H3/t23-,24+. The van der Waals surface area contributed by atoms with Crippen LogP contribution in [0.3, 0.4) is 0 Å². The molecule has 2 aromatic carbocycles. The van der Waals surface area contributed by atoms with Crippen LogP contribution < -0.4 is 0 Å². The van der Waals surface area contributed by atoms with E-state index in [-0.39, 0.29) is 32.3 Å². The first-order chi connectivity index (χ1) is 16.6. The molecule has 0 radical (unpaired) electrons. The van der Waals surface area contributed by atoms with E-state index in [0.717, 1.165) is 24.0 Å². The molecule has 0 unspecified atom stereocenters. The average Bonchev–Trinajstić information content (AvgIpc) is 3.12. The van der Waals surface area contributed by atoms with Crippen molar-refractivity contribution in [2.75, 3.05) is 13.2 Å². The lowest BCUT2D eigenvalue weighted by Crippen LogP contribution is -2.49. The minimum absolute atomic E-state index is 0.192. The molecule has 0 N–H and O–H groups in total. The number of carbonyl (C=O) groups excluding carboxylic acids is 3. The normalized spacial score (nSPS) is 17.6. The number of nitrogens with zero attached hydrogens (tertiary/aromatic N) is 2. The largest absolute Gasteiger partial charge is 0.464 e. The van der Waals surface area contributed by atoms with Gasteiger partial charge in [-0.2, -0.15) is 0 Å². The van der Waals surface area contributed by atoms with Gasteiger partial charge < -0.3 is 19.3 Å². The Kier molecular flexibility index (Phi) is 9.50. The van der Waals surface area contributed by atoms with Crippen molar-refractivity contribution in [1.82, 2.24) is 9.80 Å². The third-order valence-electron chi connectivity index (χ3n) is 5.82. The second-order valence-electron chi connectivity index (χ2n) is 8.44. The topological polar surface area (TPSA) is 76.2 Å². The third-order valence-corrected chi connectivity index (χ3v) is 5.82. The van der Waals surface area contributed by atoms with Crippen molar-refractivity contribution < 1.29 is 23.9 Å². The molecule has 2 atom stereocenters. The summed E-state index contributed by atoms with van der Waals surface area (Å²) in [5.41, 5.74) is 1.73. The van der Waals surface area contributed by atoms with E-state index in [1.807, 2.05) is 74.5 Å². The Bertz CT molecular complexity index is 859. The predicted octanol–water partition coefficient (Wildman–Crippen LogP) is 4.55. The summed E-state index contributed by atoms with van der Waals surface area (Å²) in [5, 5.41) is 0. The lowest BCUT2D eigenvalue weighted by Gasteiger charge is -2.25. The summed E-state index contributed by atoms with van der Waals surface area (Å²) in [7, 11) is 0. The van der Waals surface area contributed by atoms with Gasteiger partial charge in [0.15, 0.2) is 12.1 Å². The maximum absolute atomic E-state index is 13.6. The Labute approximate surface area is 201 Å². The van der Waals surface area contributed by atoms with Gasteiger partial charge in [-0.05, 0) is 24.0 Å².